The zero-order chi connectivity index (χ0) is 19.7. The Morgan fingerprint density at radius 1 is 0.929 bits per heavy atom. The van der Waals surface area contributed by atoms with Gasteiger partial charge in [0.1, 0.15) is 5.82 Å². The average molecular weight is 371 g/mol. The topological polar surface area (TPSA) is 77.2 Å². The van der Waals surface area contributed by atoms with Gasteiger partial charge in [0.15, 0.2) is 0 Å². The number of aryl methyl sites for hydroxylation is 1. The summed E-state index contributed by atoms with van der Waals surface area (Å²) in [5.41, 5.74) is 3.17. The standard InChI is InChI=1S/C22H17N3O3/c1-24-19-10-6-5-9-18(19)20(15-11-13-17(14-12-15)25(27)28)21(24)23-22(26)16-7-3-2-4-8-16/h2-14H,1H3,(H,23,26). The highest BCUT2D eigenvalue weighted by Gasteiger charge is 2.19. The fraction of sp³-hybridized carbons (Fsp3) is 0.0455. The maximum absolute atomic E-state index is 12.8. The van der Waals surface area contributed by atoms with E-state index in [0.717, 1.165) is 22.0 Å². The van der Waals surface area contributed by atoms with E-state index >= 15 is 0 Å². The van der Waals surface area contributed by atoms with Gasteiger partial charge in [0.25, 0.3) is 11.6 Å². The second kappa shape index (κ2) is 7.00. The minimum atomic E-state index is -0.426. The molecule has 0 unspecified atom stereocenters. The Hall–Kier alpha value is -3.93. The van der Waals surface area contributed by atoms with Gasteiger partial charge in [-0.25, -0.2) is 0 Å². The molecule has 1 amide bonds. The highest BCUT2D eigenvalue weighted by molar-refractivity contribution is 6.11. The minimum absolute atomic E-state index is 0.0267. The summed E-state index contributed by atoms with van der Waals surface area (Å²) in [6.45, 7) is 0. The average Bonchev–Trinajstić information content (AvgIpc) is 3.00. The van der Waals surface area contributed by atoms with E-state index in [0.29, 0.717) is 11.4 Å². The predicted octanol–water partition coefficient (Wildman–Crippen LogP) is 5.01. The van der Waals surface area contributed by atoms with E-state index < -0.39 is 4.92 Å². The zero-order valence-corrected chi connectivity index (χ0v) is 15.1. The molecule has 6 nitrogen and oxygen atoms in total. The fourth-order valence-corrected chi connectivity index (χ4v) is 3.35. The van der Waals surface area contributed by atoms with E-state index in [1.54, 1.807) is 24.3 Å². The van der Waals surface area contributed by atoms with Crippen LogP contribution in [0.2, 0.25) is 0 Å². The molecule has 0 aliphatic heterocycles. The molecule has 0 bridgehead atoms. The van der Waals surface area contributed by atoms with E-state index in [-0.39, 0.29) is 11.6 Å². The first-order valence-corrected chi connectivity index (χ1v) is 8.75. The number of hydrogen-bond donors (Lipinski definition) is 1. The van der Waals surface area contributed by atoms with Gasteiger partial charge in [-0.2, -0.15) is 0 Å². The third kappa shape index (κ3) is 3.01. The van der Waals surface area contributed by atoms with Crippen LogP contribution in [0.25, 0.3) is 22.0 Å². The van der Waals surface area contributed by atoms with Crippen LogP contribution in [0.3, 0.4) is 0 Å². The molecule has 138 valence electrons. The number of nitrogens with one attached hydrogen (secondary N) is 1. The number of nitro groups is 1. The summed E-state index contributed by atoms with van der Waals surface area (Å²) in [6, 6.07) is 23.2. The minimum Gasteiger partial charge on any atom is -0.330 e. The van der Waals surface area contributed by atoms with Gasteiger partial charge in [0.2, 0.25) is 0 Å². The van der Waals surface area contributed by atoms with E-state index in [9.17, 15) is 14.9 Å². The predicted molar refractivity (Wildman–Crippen MR) is 109 cm³/mol. The highest BCUT2D eigenvalue weighted by Crippen LogP contribution is 2.38. The molecule has 6 heteroatoms. The Balaban J connectivity index is 1.86. The zero-order valence-electron chi connectivity index (χ0n) is 15.1. The van der Waals surface area contributed by atoms with E-state index in [2.05, 4.69) is 5.32 Å². The molecular weight excluding hydrogens is 354 g/mol. The number of carbonyl (C=O) groups is 1. The maximum atomic E-state index is 12.8. The van der Waals surface area contributed by atoms with Gasteiger partial charge in [0.05, 0.1) is 10.4 Å². The molecule has 0 radical (unpaired) electrons. The van der Waals surface area contributed by atoms with Gasteiger partial charge in [-0.1, -0.05) is 36.4 Å². The number of hydrogen-bond acceptors (Lipinski definition) is 3. The van der Waals surface area contributed by atoms with Crippen molar-refractivity contribution in [3.8, 4) is 11.1 Å². The second-order valence-electron chi connectivity index (χ2n) is 6.42. The van der Waals surface area contributed by atoms with Crippen LogP contribution in [0, 0.1) is 10.1 Å². The van der Waals surface area contributed by atoms with Crippen LogP contribution in [-0.2, 0) is 7.05 Å². The number of benzene rings is 3. The third-order valence-electron chi connectivity index (χ3n) is 4.74. The number of anilines is 1. The molecule has 1 heterocycles. The van der Waals surface area contributed by atoms with E-state index in [4.69, 9.17) is 0 Å². The summed E-state index contributed by atoms with van der Waals surface area (Å²) >= 11 is 0. The monoisotopic (exact) mass is 371 g/mol. The van der Waals surface area contributed by atoms with Gasteiger partial charge >= 0.3 is 0 Å². The number of carbonyl (C=O) groups excluding carboxylic acids is 1. The van der Waals surface area contributed by atoms with Crippen molar-refractivity contribution in [2.45, 2.75) is 0 Å². The molecule has 0 saturated carbocycles. The van der Waals surface area contributed by atoms with Crippen molar-refractivity contribution in [1.82, 2.24) is 4.57 Å². The van der Waals surface area contributed by atoms with E-state index in [1.807, 2.05) is 54.1 Å². The first kappa shape index (κ1) is 17.5. The van der Waals surface area contributed by atoms with Crippen LogP contribution in [0.5, 0.6) is 0 Å². The lowest BCUT2D eigenvalue weighted by Crippen LogP contribution is -2.14. The number of amides is 1. The Morgan fingerprint density at radius 2 is 1.57 bits per heavy atom. The molecule has 0 atom stereocenters. The van der Waals surface area contributed by atoms with Gasteiger partial charge in [-0.3, -0.25) is 14.9 Å². The van der Waals surface area contributed by atoms with Crippen LogP contribution in [0.4, 0.5) is 11.5 Å². The van der Waals surface area contributed by atoms with Crippen molar-refractivity contribution in [2.24, 2.45) is 7.05 Å². The smallest absolute Gasteiger partial charge is 0.269 e. The fourth-order valence-electron chi connectivity index (χ4n) is 3.35. The summed E-state index contributed by atoms with van der Waals surface area (Å²) in [6.07, 6.45) is 0. The number of para-hydroxylation sites is 1. The first-order chi connectivity index (χ1) is 13.6. The van der Waals surface area contributed by atoms with Gasteiger partial charge in [-0.05, 0) is 35.9 Å². The van der Waals surface area contributed by atoms with Gasteiger partial charge in [-0.15, -0.1) is 0 Å². The summed E-state index contributed by atoms with van der Waals surface area (Å²) < 4.78 is 1.92. The molecule has 4 aromatic rings. The highest BCUT2D eigenvalue weighted by atomic mass is 16.6. The van der Waals surface area contributed by atoms with Crippen molar-refractivity contribution >= 4 is 28.3 Å². The van der Waals surface area contributed by atoms with E-state index in [1.165, 1.54) is 12.1 Å². The Kier molecular flexibility index (Phi) is 4.37. The number of non-ortho nitro benzene ring substituents is 1. The third-order valence-corrected chi connectivity index (χ3v) is 4.74. The number of aromatic nitrogens is 1. The Morgan fingerprint density at radius 3 is 2.25 bits per heavy atom. The maximum Gasteiger partial charge on any atom is 0.269 e. The number of rotatable bonds is 4. The van der Waals surface area contributed by atoms with Crippen LogP contribution in [0.1, 0.15) is 10.4 Å². The Bertz CT molecular complexity index is 1180. The normalized spacial score (nSPS) is 10.8. The summed E-state index contributed by atoms with van der Waals surface area (Å²) in [4.78, 5) is 23.3. The van der Waals surface area contributed by atoms with Crippen molar-refractivity contribution in [2.75, 3.05) is 5.32 Å². The lowest BCUT2D eigenvalue weighted by atomic mass is 10.0. The second-order valence-corrected chi connectivity index (χ2v) is 6.42. The molecule has 0 aliphatic carbocycles. The van der Waals surface area contributed by atoms with Crippen LogP contribution < -0.4 is 5.32 Å². The van der Waals surface area contributed by atoms with Gasteiger partial charge in [0, 0.05) is 35.7 Å². The van der Waals surface area contributed by atoms with Gasteiger partial charge < -0.3 is 9.88 Å². The number of nitro benzene ring substituents is 1. The van der Waals surface area contributed by atoms with Crippen molar-refractivity contribution in [3.05, 3.63) is 94.5 Å². The SMILES string of the molecule is Cn1c(NC(=O)c2ccccc2)c(-c2ccc([N+](=O)[O-])cc2)c2ccccc21. The Labute approximate surface area is 161 Å². The molecule has 1 N–H and O–H groups in total. The number of nitrogens with zero attached hydrogens (tertiary/aromatic N) is 2. The lowest BCUT2D eigenvalue weighted by molar-refractivity contribution is -0.384. The molecule has 3 aromatic carbocycles. The largest absolute Gasteiger partial charge is 0.330 e. The number of fused-ring (bicyclic) bond motifs is 1. The summed E-state index contributed by atoms with van der Waals surface area (Å²) in [5.74, 6) is 0.429. The van der Waals surface area contributed by atoms with Crippen LogP contribution >= 0.6 is 0 Å². The quantitative estimate of drug-likeness (QED) is 0.405. The summed E-state index contributed by atoms with van der Waals surface area (Å²) in [7, 11) is 1.89. The van der Waals surface area contributed by atoms with Crippen LogP contribution in [0.15, 0.2) is 78.9 Å². The van der Waals surface area contributed by atoms with Crippen molar-refractivity contribution in [1.29, 1.82) is 0 Å². The molecular formula is C22H17N3O3. The summed E-state index contributed by atoms with van der Waals surface area (Å²) in [5, 5.41) is 14.9. The molecule has 4 rings (SSSR count). The molecule has 0 spiro atoms. The lowest BCUT2D eigenvalue weighted by Gasteiger charge is -2.10. The molecule has 28 heavy (non-hydrogen) atoms. The van der Waals surface area contributed by atoms with Crippen LogP contribution in [-0.4, -0.2) is 15.4 Å². The van der Waals surface area contributed by atoms with Crippen molar-refractivity contribution < 1.29 is 9.72 Å². The molecule has 0 fully saturated rings. The molecule has 0 saturated heterocycles. The first-order valence-electron chi connectivity index (χ1n) is 8.75. The molecule has 0 aliphatic rings. The molecule has 1 aromatic heterocycles. The van der Waals surface area contributed by atoms with Crippen molar-refractivity contribution in [3.63, 3.8) is 0 Å².